The third-order valence-electron chi connectivity index (χ3n) is 2.44. The van der Waals surface area contributed by atoms with Crippen LogP contribution in [-0.4, -0.2) is 37.7 Å². The average Bonchev–Trinajstić information content (AvgIpc) is 2.43. The third-order valence-corrected chi connectivity index (χ3v) is 2.44. The van der Waals surface area contributed by atoms with E-state index in [0.29, 0.717) is 0 Å². The molecule has 1 N–H and O–H groups in total. The Balaban J connectivity index is 2.43. The van der Waals surface area contributed by atoms with Gasteiger partial charge in [-0.05, 0) is 19.4 Å². The molecule has 1 aliphatic rings. The summed E-state index contributed by atoms with van der Waals surface area (Å²) in [5.41, 5.74) is 0. The molecule has 1 rings (SSSR count). The van der Waals surface area contributed by atoms with Crippen LogP contribution in [0, 0.1) is 0 Å². The van der Waals surface area contributed by atoms with Crippen LogP contribution in [0.3, 0.4) is 0 Å². The Labute approximate surface area is 79.2 Å². The molecule has 0 aromatic rings. The second kappa shape index (κ2) is 5.19. The van der Waals surface area contributed by atoms with Gasteiger partial charge in [0.15, 0.2) is 0 Å². The molecule has 0 saturated carbocycles. The van der Waals surface area contributed by atoms with Gasteiger partial charge in [0.2, 0.25) is 0 Å². The molecular weight excluding hydrogens is 168 g/mol. The molecule has 0 bridgehead atoms. The molecule has 13 heavy (non-hydrogen) atoms. The summed E-state index contributed by atoms with van der Waals surface area (Å²) in [5, 5.41) is 4.52. The van der Waals surface area contributed by atoms with E-state index in [1.165, 1.54) is 25.0 Å². The van der Waals surface area contributed by atoms with Crippen LogP contribution < -0.4 is 5.32 Å². The number of nitrogens with zero attached hydrogens (tertiary/aromatic N) is 1. The Morgan fingerprint density at radius 2 is 2.23 bits per heavy atom. The van der Waals surface area contributed by atoms with Crippen molar-refractivity contribution in [1.82, 2.24) is 10.4 Å². The van der Waals surface area contributed by atoms with Gasteiger partial charge in [-0.2, -0.15) is 0 Å². The summed E-state index contributed by atoms with van der Waals surface area (Å²) in [7, 11) is 3.16. The van der Waals surface area contributed by atoms with Gasteiger partial charge < -0.3 is 5.32 Å². The molecule has 0 aromatic heterocycles. The van der Waals surface area contributed by atoms with E-state index in [1.54, 1.807) is 7.05 Å². The van der Waals surface area contributed by atoms with Crippen LogP contribution >= 0.6 is 0 Å². The van der Waals surface area contributed by atoms with E-state index in [4.69, 9.17) is 4.84 Å². The van der Waals surface area contributed by atoms with Crippen LogP contribution in [0.2, 0.25) is 0 Å². The summed E-state index contributed by atoms with van der Waals surface area (Å²) in [6.45, 7) is 0.938. The number of amides is 1. The normalized spacial score (nSPS) is 23.7. The molecule has 4 heteroatoms. The van der Waals surface area contributed by atoms with Gasteiger partial charge in [-0.1, -0.05) is 12.8 Å². The van der Waals surface area contributed by atoms with Gasteiger partial charge in [0.1, 0.15) is 0 Å². The van der Waals surface area contributed by atoms with Gasteiger partial charge >= 0.3 is 0 Å². The predicted octanol–water partition coefficient (Wildman–Crippen LogP) is 0.538. The number of rotatable bonds is 2. The van der Waals surface area contributed by atoms with Gasteiger partial charge in [-0.25, -0.2) is 5.06 Å². The van der Waals surface area contributed by atoms with E-state index < -0.39 is 0 Å². The lowest BCUT2D eigenvalue weighted by Crippen LogP contribution is -2.44. The quantitative estimate of drug-likeness (QED) is 0.640. The van der Waals surface area contributed by atoms with Crippen molar-refractivity contribution in [2.24, 2.45) is 0 Å². The molecule has 76 valence electrons. The SMILES string of the molecule is CON(C)C(=O)C1CCCCCN1. The Hall–Kier alpha value is -0.610. The molecule has 1 unspecified atom stereocenters. The minimum atomic E-state index is -0.0487. The largest absolute Gasteiger partial charge is 0.306 e. The highest BCUT2D eigenvalue weighted by Gasteiger charge is 2.22. The number of hydrogen-bond acceptors (Lipinski definition) is 3. The molecule has 0 aliphatic carbocycles. The van der Waals surface area contributed by atoms with E-state index in [1.807, 2.05) is 0 Å². The predicted molar refractivity (Wildman–Crippen MR) is 50.0 cm³/mol. The summed E-state index contributed by atoms with van der Waals surface area (Å²) in [6.07, 6.45) is 4.43. The van der Waals surface area contributed by atoms with Gasteiger partial charge in [0.05, 0.1) is 13.2 Å². The minimum Gasteiger partial charge on any atom is -0.306 e. The van der Waals surface area contributed by atoms with Crippen molar-refractivity contribution in [3.63, 3.8) is 0 Å². The lowest BCUT2D eigenvalue weighted by molar-refractivity contribution is -0.171. The monoisotopic (exact) mass is 186 g/mol. The van der Waals surface area contributed by atoms with Crippen molar-refractivity contribution >= 4 is 5.91 Å². The van der Waals surface area contributed by atoms with Crippen molar-refractivity contribution in [2.75, 3.05) is 20.7 Å². The zero-order valence-corrected chi connectivity index (χ0v) is 8.38. The first-order valence-corrected chi connectivity index (χ1v) is 4.80. The summed E-state index contributed by atoms with van der Waals surface area (Å²) >= 11 is 0. The Kier molecular flexibility index (Phi) is 4.18. The molecular formula is C9H18N2O2. The average molecular weight is 186 g/mol. The van der Waals surface area contributed by atoms with Gasteiger partial charge in [0.25, 0.3) is 5.91 Å². The maximum Gasteiger partial charge on any atom is 0.262 e. The van der Waals surface area contributed by atoms with Crippen molar-refractivity contribution in [1.29, 1.82) is 0 Å². The van der Waals surface area contributed by atoms with Crippen molar-refractivity contribution in [3.8, 4) is 0 Å². The lowest BCUT2D eigenvalue weighted by Gasteiger charge is -2.20. The summed E-state index contributed by atoms with van der Waals surface area (Å²) in [5.74, 6) is 0.0319. The Bertz CT molecular complexity index is 165. The lowest BCUT2D eigenvalue weighted by atomic mass is 10.1. The second-order valence-corrected chi connectivity index (χ2v) is 3.37. The topological polar surface area (TPSA) is 41.6 Å². The van der Waals surface area contributed by atoms with E-state index in [0.717, 1.165) is 19.4 Å². The van der Waals surface area contributed by atoms with Gasteiger partial charge in [-0.3, -0.25) is 9.63 Å². The molecule has 1 heterocycles. The number of hydrogen-bond donors (Lipinski definition) is 1. The molecule has 0 radical (unpaired) electrons. The second-order valence-electron chi connectivity index (χ2n) is 3.37. The molecule has 1 fully saturated rings. The third kappa shape index (κ3) is 2.97. The van der Waals surface area contributed by atoms with Crippen LogP contribution in [0.25, 0.3) is 0 Å². The summed E-state index contributed by atoms with van der Waals surface area (Å²) in [4.78, 5) is 16.5. The first-order valence-electron chi connectivity index (χ1n) is 4.80. The maximum absolute atomic E-state index is 11.6. The Morgan fingerprint density at radius 1 is 1.46 bits per heavy atom. The van der Waals surface area contributed by atoms with Crippen molar-refractivity contribution < 1.29 is 9.63 Å². The van der Waals surface area contributed by atoms with Gasteiger partial charge in [0, 0.05) is 7.05 Å². The number of carbonyl (C=O) groups excluding carboxylic acids is 1. The van der Waals surface area contributed by atoms with Gasteiger partial charge in [-0.15, -0.1) is 0 Å². The zero-order valence-electron chi connectivity index (χ0n) is 8.38. The highest BCUT2D eigenvalue weighted by Crippen LogP contribution is 2.09. The molecule has 1 atom stereocenters. The number of carbonyl (C=O) groups is 1. The number of hydroxylamine groups is 2. The van der Waals surface area contributed by atoms with Crippen LogP contribution in [0.5, 0.6) is 0 Å². The maximum atomic E-state index is 11.6. The fourth-order valence-corrected chi connectivity index (χ4v) is 1.55. The standard InChI is InChI=1S/C9H18N2O2/c1-11(13-2)9(12)8-6-4-3-5-7-10-8/h8,10H,3-7H2,1-2H3. The highest BCUT2D eigenvalue weighted by molar-refractivity contribution is 5.80. The molecule has 0 spiro atoms. The summed E-state index contributed by atoms with van der Waals surface area (Å²) < 4.78 is 0. The van der Waals surface area contributed by atoms with Crippen molar-refractivity contribution in [3.05, 3.63) is 0 Å². The van der Waals surface area contributed by atoms with Crippen LogP contribution in [0.1, 0.15) is 25.7 Å². The van der Waals surface area contributed by atoms with Crippen molar-refractivity contribution in [2.45, 2.75) is 31.7 Å². The fourth-order valence-electron chi connectivity index (χ4n) is 1.55. The van der Waals surface area contributed by atoms with Crippen LogP contribution in [0.4, 0.5) is 0 Å². The number of likely N-dealkylation sites (N-methyl/N-ethyl adjacent to an activating group) is 1. The fraction of sp³-hybridized carbons (Fsp3) is 0.889. The molecule has 1 saturated heterocycles. The zero-order chi connectivity index (χ0) is 9.68. The highest BCUT2D eigenvalue weighted by atomic mass is 16.7. The first-order chi connectivity index (χ1) is 6.25. The van der Waals surface area contributed by atoms with Crippen LogP contribution in [0.15, 0.2) is 0 Å². The van der Waals surface area contributed by atoms with E-state index >= 15 is 0 Å². The molecule has 1 amide bonds. The van der Waals surface area contributed by atoms with E-state index in [2.05, 4.69) is 5.32 Å². The van der Waals surface area contributed by atoms with Crippen LogP contribution in [-0.2, 0) is 9.63 Å². The van der Waals surface area contributed by atoms with E-state index in [-0.39, 0.29) is 11.9 Å². The smallest absolute Gasteiger partial charge is 0.262 e. The minimum absolute atomic E-state index is 0.0319. The molecule has 4 nitrogen and oxygen atoms in total. The first kappa shape index (κ1) is 10.5. The molecule has 1 aliphatic heterocycles. The molecule has 0 aromatic carbocycles. The number of nitrogens with one attached hydrogen (secondary N) is 1. The van der Waals surface area contributed by atoms with E-state index in [9.17, 15) is 4.79 Å². The summed E-state index contributed by atoms with van der Waals surface area (Å²) in [6, 6.07) is -0.0487. The Morgan fingerprint density at radius 3 is 2.92 bits per heavy atom.